The van der Waals surface area contributed by atoms with Crippen molar-refractivity contribution in [3.8, 4) is 0 Å². The second kappa shape index (κ2) is 6.78. The molecule has 0 aliphatic rings. The third-order valence-corrected chi connectivity index (χ3v) is 7.03. The van der Waals surface area contributed by atoms with Crippen molar-refractivity contribution in [2.75, 3.05) is 0 Å². The van der Waals surface area contributed by atoms with Crippen LogP contribution in [0.15, 0.2) is 70.9 Å². The number of non-ortho nitro benzene ring substituents is 1. The van der Waals surface area contributed by atoms with E-state index in [1.54, 1.807) is 36.4 Å². The lowest BCUT2D eigenvalue weighted by atomic mass is 10.1. The number of rotatable bonds is 5. The molecule has 1 atom stereocenters. The minimum absolute atomic E-state index is 0.0681. The standard InChI is InChI=1S/C18H15NO4S2/c1-13-4-10-16(11-5-13)25(22,23)18(17-3-2-12-24-17)14-6-8-15(9-7-14)19(20)21/h2-12,18H,1H3. The summed E-state index contributed by atoms with van der Waals surface area (Å²) in [6, 6.07) is 15.9. The van der Waals surface area contributed by atoms with Crippen LogP contribution in [0.25, 0.3) is 0 Å². The Labute approximate surface area is 149 Å². The molecule has 0 saturated heterocycles. The predicted octanol–water partition coefficient (Wildman–Crippen LogP) is 4.53. The summed E-state index contributed by atoms with van der Waals surface area (Å²) in [5.41, 5.74) is 1.41. The Hall–Kier alpha value is -2.51. The molecular weight excluding hydrogens is 358 g/mol. The average Bonchev–Trinajstić information content (AvgIpc) is 3.09. The fourth-order valence-corrected chi connectivity index (χ4v) is 5.54. The van der Waals surface area contributed by atoms with E-state index in [1.165, 1.54) is 35.6 Å². The zero-order valence-electron chi connectivity index (χ0n) is 13.3. The van der Waals surface area contributed by atoms with Crippen LogP contribution in [-0.4, -0.2) is 13.3 Å². The molecular formula is C18H15NO4S2. The van der Waals surface area contributed by atoms with Crippen LogP contribution in [0.1, 0.15) is 21.3 Å². The summed E-state index contributed by atoms with van der Waals surface area (Å²) < 4.78 is 26.5. The highest BCUT2D eigenvalue weighted by molar-refractivity contribution is 7.92. The Morgan fingerprint density at radius 2 is 1.64 bits per heavy atom. The van der Waals surface area contributed by atoms with E-state index in [-0.39, 0.29) is 10.6 Å². The number of benzene rings is 2. The lowest BCUT2D eigenvalue weighted by Crippen LogP contribution is -2.14. The van der Waals surface area contributed by atoms with E-state index in [1.807, 2.05) is 12.3 Å². The van der Waals surface area contributed by atoms with Gasteiger partial charge in [0.05, 0.1) is 9.82 Å². The molecule has 1 unspecified atom stereocenters. The van der Waals surface area contributed by atoms with Gasteiger partial charge in [-0.1, -0.05) is 35.9 Å². The molecule has 1 heterocycles. The maximum Gasteiger partial charge on any atom is 0.269 e. The lowest BCUT2D eigenvalue weighted by Gasteiger charge is -2.17. The maximum atomic E-state index is 13.2. The quantitative estimate of drug-likeness (QED) is 0.486. The van der Waals surface area contributed by atoms with Crippen molar-refractivity contribution in [1.82, 2.24) is 0 Å². The number of thiophene rings is 1. The number of sulfone groups is 1. The van der Waals surface area contributed by atoms with Crippen LogP contribution in [0.5, 0.6) is 0 Å². The largest absolute Gasteiger partial charge is 0.269 e. The van der Waals surface area contributed by atoms with E-state index in [2.05, 4.69) is 0 Å². The number of nitrogens with zero attached hydrogens (tertiary/aromatic N) is 1. The summed E-state index contributed by atoms with van der Waals surface area (Å²) in [6.45, 7) is 1.89. The van der Waals surface area contributed by atoms with Crippen LogP contribution in [-0.2, 0) is 9.84 Å². The number of hydrogen-bond acceptors (Lipinski definition) is 5. The van der Waals surface area contributed by atoms with Gasteiger partial charge < -0.3 is 0 Å². The van der Waals surface area contributed by atoms with Crippen molar-refractivity contribution in [3.05, 3.63) is 92.2 Å². The number of nitro benzene ring substituents is 1. The third kappa shape index (κ3) is 3.47. The molecule has 2 aromatic carbocycles. The van der Waals surface area contributed by atoms with Gasteiger partial charge in [0.2, 0.25) is 0 Å². The fraction of sp³-hybridized carbons (Fsp3) is 0.111. The summed E-state index contributed by atoms with van der Waals surface area (Å²) in [4.78, 5) is 11.3. The molecule has 3 rings (SSSR count). The number of nitro groups is 1. The molecule has 128 valence electrons. The maximum absolute atomic E-state index is 13.2. The van der Waals surface area contributed by atoms with Crippen LogP contribution in [0.2, 0.25) is 0 Å². The molecule has 0 radical (unpaired) electrons. The molecule has 0 amide bonds. The minimum Gasteiger partial charge on any atom is -0.258 e. The molecule has 1 aromatic heterocycles. The highest BCUT2D eigenvalue weighted by Gasteiger charge is 2.31. The van der Waals surface area contributed by atoms with Crippen LogP contribution >= 0.6 is 11.3 Å². The van der Waals surface area contributed by atoms with Gasteiger partial charge in [0.25, 0.3) is 5.69 Å². The highest BCUT2D eigenvalue weighted by atomic mass is 32.2. The van der Waals surface area contributed by atoms with E-state index < -0.39 is 20.0 Å². The summed E-state index contributed by atoms with van der Waals surface area (Å²) in [5.74, 6) is 0. The first-order valence-corrected chi connectivity index (χ1v) is 9.90. The normalized spacial score (nSPS) is 12.7. The van der Waals surface area contributed by atoms with Crippen molar-refractivity contribution >= 4 is 26.9 Å². The highest BCUT2D eigenvalue weighted by Crippen LogP contribution is 2.37. The second-order valence-corrected chi connectivity index (χ2v) is 8.61. The number of aryl methyl sites for hydroxylation is 1. The Bertz CT molecular complexity index is 977. The molecule has 0 aliphatic carbocycles. The molecule has 25 heavy (non-hydrogen) atoms. The number of hydrogen-bond donors (Lipinski definition) is 0. The van der Waals surface area contributed by atoms with Gasteiger partial charge >= 0.3 is 0 Å². The summed E-state index contributed by atoms with van der Waals surface area (Å²) in [7, 11) is -3.69. The molecule has 7 heteroatoms. The predicted molar refractivity (Wildman–Crippen MR) is 97.6 cm³/mol. The van der Waals surface area contributed by atoms with Gasteiger partial charge in [0, 0.05) is 17.0 Å². The van der Waals surface area contributed by atoms with E-state index in [9.17, 15) is 18.5 Å². The molecule has 0 fully saturated rings. The second-order valence-electron chi connectivity index (χ2n) is 5.60. The molecule has 3 aromatic rings. The third-order valence-electron chi connectivity index (χ3n) is 3.87. The monoisotopic (exact) mass is 373 g/mol. The van der Waals surface area contributed by atoms with Gasteiger partial charge in [-0.3, -0.25) is 10.1 Å². The molecule has 0 aliphatic heterocycles. The van der Waals surface area contributed by atoms with Crippen molar-refractivity contribution in [3.63, 3.8) is 0 Å². The Balaban J connectivity index is 2.12. The van der Waals surface area contributed by atoms with E-state index in [4.69, 9.17) is 0 Å². The summed E-state index contributed by atoms with van der Waals surface area (Å²) in [5, 5.41) is 11.8. The van der Waals surface area contributed by atoms with E-state index >= 15 is 0 Å². The summed E-state index contributed by atoms with van der Waals surface area (Å²) in [6.07, 6.45) is 0. The smallest absolute Gasteiger partial charge is 0.258 e. The molecule has 0 bridgehead atoms. The zero-order chi connectivity index (χ0) is 18.0. The Kier molecular flexibility index (Phi) is 4.69. The minimum atomic E-state index is -3.69. The van der Waals surface area contributed by atoms with Gasteiger partial charge in [-0.25, -0.2) is 8.42 Å². The summed E-state index contributed by atoms with van der Waals surface area (Å²) >= 11 is 1.35. The van der Waals surface area contributed by atoms with Crippen molar-refractivity contribution in [2.24, 2.45) is 0 Å². The van der Waals surface area contributed by atoms with Crippen LogP contribution in [0.3, 0.4) is 0 Å². The van der Waals surface area contributed by atoms with Gasteiger partial charge in [-0.2, -0.15) is 0 Å². The van der Waals surface area contributed by atoms with Crippen molar-refractivity contribution in [2.45, 2.75) is 17.1 Å². The van der Waals surface area contributed by atoms with Crippen molar-refractivity contribution < 1.29 is 13.3 Å². The molecule has 0 spiro atoms. The SMILES string of the molecule is Cc1ccc(S(=O)(=O)C(c2ccc([N+](=O)[O-])cc2)c2cccs2)cc1. The zero-order valence-corrected chi connectivity index (χ0v) is 15.0. The van der Waals surface area contributed by atoms with E-state index in [0.29, 0.717) is 10.4 Å². The van der Waals surface area contributed by atoms with Gasteiger partial charge in [0.15, 0.2) is 9.84 Å². The fourth-order valence-electron chi connectivity index (χ4n) is 2.57. The Morgan fingerprint density at radius 1 is 1.00 bits per heavy atom. The van der Waals surface area contributed by atoms with Crippen LogP contribution in [0, 0.1) is 17.0 Å². The van der Waals surface area contributed by atoms with Gasteiger partial charge in [0.1, 0.15) is 5.25 Å². The van der Waals surface area contributed by atoms with Crippen LogP contribution < -0.4 is 0 Å². The van der Waals surface area contributed by atoms with Gasteiger partial charge in [-0.15, -0.1) is 11.3 Å². The van der Waals surface area contributed by atoms with Crippen molar-refractivity contribution in [1.29, 1.82) is 0 Å². The van der Waals surface area contributed by atoms with Gasteiger partial charge in [-0.05, 0) is 36.1 Å². The first-order chi connectivity index (χ1) is 11.9. The topological polar surface area (TPSA) is 77.3 Å². The van der Waals surface area contributed by atoms with E-state index in [0.717, 1.165) is 5.56 Å². The lowest BCUT2D eigenvalue weighted by molar-refractivity contribution is -0.384. The molecule has 5 nitrogen and oxygen atoms in total. The average molecular weight is 373 g/mol. The first-order valence-electron chi connectivity index (χ1n) is 7.48. The molecule has 0 saturated carbocycles. The Morgan fingerprint density at radius 3 is 2.16 bits per heavy atom. The first kappa shape index (κ1) is 17.3. The van der Waals surface area contributed by atoms with Crippen LogP contribution in [0.4, 0.5) is 5.69 Å². The molecule has 0 N–H and O–H groups in total.